The largest absolute Gasteiger partial charge is 0.374 e. The number of hydrogen-bond acceptors (Lipinski definition) is 4. The van der Waals surface area contributed by atoms with E-state index in [2.05, 4.69) is 9.97 Å². The number of carbonyl (C=O) groups is 1. The number of pyridine rings is 2. The average molecular weight is 333 g/mol. The first kappa shape index (κ1) is 15.7. The Balaban J connectivity index is 1.75. The lowest BCUT2D eigenvalue weighted by atomic mass is 10.0. The van der Waals surface area contributed by atoms with Crippen LogP contribution in [0.3, 0.4) is 0 Å². The van der Waals surface area contributed by atoms with Gasteiger partial charge in [0.2, 0.25) is 0 Å². The smallest absolute Gasteiger partial charge is 0.255 e. The quantitative estimate of drug-likeness (QED) is 0.722. The molecule has 0 aliphatic carbocycles. The molecule has 0 saturated carbocycles. The van der Waals surface area contributed by atoms with Gasteiger partial charge >= 0.3 is 0 Å². The number of nitrogens with zero attached hydrogens (tertiary/aromatic N) is 3. The summed E-state index contributed by atoms with van der Waals surface area (Å²) in [6, 6.07) is 13.5. The number of amides is 1. The van der Waals surface area contributed by atoms with Gasteiger partial charge in [0.1, 0.15) is 0 Å². The van der Waals surface area contributed by atoms with Gasteiger partial charge in [-0.15, -0.1) is 0 Å². The van der Waals surface area contributed by atoms with E-state index in [1.54, 1.807) is 24.7 Å². The topological polar surface area (TPSA) is 55.3 Å². The molecule has 0 unspecified atom stereocenters. The van der Waals surface area contributed by atoms with Gasteiger partial charge in [0.25, 0.3) is 5.91 Å². The zero-order valence-electron chi connectivity index (χ0n) is 14.0. The second-order valence-corrected chi connectivity index (χ2v) is 6.28. The Morgan fingerprint density at radius 2 is 2.00 bits per heavy atom. The molecule has 3 aromatic rings. The molecule has 0 radical (unpaired) electrons. The van der Waals surface area contributed by atoms with Crippen molar-refractivity contribution in [1.29, 1.82) is 0 Å². The number of ether oxygens (including phenoxy) is 1. The number of fused-ring (bicyclic) bond motifs is 1. The van der Waals surface area contributed by atoms with Crippen LogP contribution >= 0.6 is 0 Å². The van der Waals surface area contributed by atoms with Gasteiger partial charge in [0.15, 0.2) is 0 Å². The molecule has 5 heteroatoms. The lowest BCUT2D eigenvalue weighted by Gasteiger charge is -2.39. The monoisotopic (exact) mass is 333 g/mol. The molecule has 1 saturated heterocycles. The summed E-state index contributed by atoms with van der Waals surface area (Å²) in [6.07, 6.45) is 5.08. The summed E-state index contributed by atoms with van der Waals surface area (Å²) in [5.41, 5.74) is 2.49. The molecule has 1 aliphatic rings. The van der Waals surface area contributed by atoms with Crippen LogP contribution in [0, 0.1) is 0 Å². The molecule has 1 amide bonds. The van der Waals surface area contributed by atoms with Gasteiger partial charge in [-0.05, 0) is 24.6 Å². The van der Waals surface area contributed by atoms with E-state index in [-0.39, 0.29) is 18.1 Å². The van der Waals surface area contributed by atoms with Crippen molar-refractivity contribution in [2.24, 2.45) is 0 Å². The van der Waals surface area contributed by atoms with Crippen molar-refractivity contribution >= 4 is 16.8 Å². The third kappa shape index (κ3) is 2.98. The fraction of sp³-hybridized carbons (Fsp3) is 0.250. The highest BCUT2D eigenvalue weighted by atomic mass is 16.5. The summed E-state index contributed by atoms with van der Waals surface area (Å²) in [7, 11) is 0. The third-order valence-corrected chi connectivity index (χ3v) is 4.59. The first-order valence-corrected chi connectivity index (χ1v) is 8.40. The maximum absolute atomic E-state index is 13.4. The minimum absolute atomic E-state index is 0.00939. The van der Waals surface area contributed by atoms with Crippen LogP contribution in [0.4, 0.5) is 0 Å². The van der Waals surface area contributed by atoms with Gasteiger partial charge in [-0.3, -0.25) is 14.8 Å². The number of aromatic nitrogens is 2. The average Bonchev–Trinajstić information content (AvgIpc) is 2.67. The number of carbonyl (C=O) groups excluding carboxylic acids is 1. The minimum atomic E-state index is -0.0928. The van der Waals surface area contributed by atoms with Crippen molar-refractivity contribution in [3.63, 3.8) is 0 Å². The zero-order valence-corrected chi connectivity index (χ0v) is 14.0. The first-order valence-electron chi connectivity index (χ1n) is 8.40. The molecule has 5 nitrogen and oxygen atoms in total. The highest BCUT2D eigenvalue weighted by molar-refractivity contribution is 6.05. The third-order valence-electron chi connectivity index (χ3n) is 4.59. The van der Waals surface area contributed by atoms with E-state index < -0.39 is 0 Å². The predicted molar refractivity (Wildman–Crippen MR) is 95.2 cm³/mol. The number of hydrogen-bond donors (Lipinski definition) is 0. The van der Waals surface area contributed by atoms with E-state index >= 15 is 0 Å². The standard InChI is InChI=1S/C20H19N3O2/c1-14-12-23(19(13-25-14)15-5-3-2-4-6-15)20(24)16-7-10-22-18-8-9-21-11-17(16)18/h2-11,14,19H,12-13H2,1H3/t14-,19+/m0/s1. The second kappa shape index (κ2) is 6.61. The van der Waals surface area contributed by atoms with Crippen molar-refractivity contribution in [3.05, 3.63) is 72.2 Å². The van der Waals surface area contributed by atoms with Crippen molar-refractivity contribution in [2.45, 2.75) is 19.1 Å². The van der Waals surface area contributed by atoms with Gasteiger partial charge in [-0.2, -0.15) is 0 Å². The molecule has 25 heavy (non-hydrogen) atoms. The molecular weight excluding hydrogens is 314 g/mol. The van der Waals surface area contributed by atoms with Crippen LogP contribution in [0.15, 0.2) is 61.1 Å². The van der Waals surface area contributed by atoms with Gasteiger partial charge in [-0.1, -0.05) is 30.3 Å². The van der Waals surface area contributed by atoms with Gasteiger partial charge in [0.05, 0.1) is 29.8 Å². The van der Waals surface area contributed by atoms with Crippen LogP contribution in [0.5, 0.6) is 0 Å². The van der Waals surface area contributed by atoms with Gasteiger partial charge in [0, 0.05) is 30.5 Å². The Bertz CT molecular complexity index is 892. The molecule has 0 spiro atoms. The molecule has 3 heterocycles. The van der Waals surface area contributed by atoms with Crippen LogP contribution in [-0.2, 0) is 4.74 Å². The summed E-state index contributed by atoms with van der Waals surface area (Å²) < 4.78 is 5.83. The Hall–Kier alpha value is -2.79. The van der Waals surface area contributed by atoms with Crippen LogP contribution in [0.1, 0.15) is 28.9 Å². The highest BCUT2D eigenvalue weighted by Gasteiger charge is 2.32. The van der Waals surface area contributed by atoms with E-state index in [1.807, 2.05) is 48.2 Å². The summed E-state index contributed by atoms with van der Waals surface area (Å²) in [4.78, 5) is 23.7. The molecule has 1 fully saturated rings. The molecular formula is C20H19N3O2. The lowest BCUT2D eigenvalue weighted by molar-refractivity contribution is -0.0447. The summed E-state index contributed by atoms with van der Waals surface area (Å²) in [5, 5.41) is 0.779. The molecule has 1 aliphatic heterocycles. The summed E-state index contributed by atoms with van der Waals surface area (Å²) >= 11 is 0. The molecule has 1 aromatic carbocycles. The number of morpholine rings is 1. The highest BCUT2D eigenvalue weighted by Crippen LogP contribution is 2.29. The first-order chi connectivity index (χ1) is 12.2. The minimum Gasteiger partial charge on any atom is -0.374 e. The predicted octanol–water partition coefficient (Wildman–Crippen LogP) is 3.23. The van der Waals surface area contributed by atoms with E-state index in [0.29, 0.717) is 18.7 Å². The van der Waals surface area contributed by atoms with Crippen LogP contribution < -0.4 is 0 Å². The second-order valence-electron chi connectivity index (χ2n) is 6.28. The number of rotatable bonds is 2. The Morgan fingerprint density at radius 3 is 2.84 bits per heavy atom. The van der Waals surface area contributed by atoms with E-state index in [0.717, 1.165) is 16.5 Å². The molecule has 4 rings (SSSR count). The Labute approximate surface area is 146 Å². The van der Waals surface area contributed by atoms with E-state index in [9.17, 15) is 4.79 Å². The molecule has 126 valence electrons. The fourth-order valence-electron chi connectivity index (χ4n) is 3.31. The molecule has 2 aromatic heterocycles. The summed E-state index contributed by atoms with van der Waals surface area (Å²) in [6.45, 7) is 3.05. The SMILES string of the molecule is C[C@H]1CN(C(=O)c2ccnc3ccncc23)[C@@H](c2ccccc2)CO1. The van der Waals surface area contributed by atoms with Crippen LogP contribution in [0.2, 0.25) is 0 Å². The maximum Gasteiger partial charge on any atom is 0.255 e. The fourth-order valence-corrected chi connectivity index (χ4v) is 3.31. The lowest BCUT2D eigenvalue weighted by Crippen LogP contribution is -2.46. The number of benzene rings is 1. The van der Waals surface area contributed by atoms with Crippen LogP contribution in [0.25, 0.3) is 10.9 Å². The van der Waals surface area contributed by atoms with E-state index in [4.69, 9.17) is 4.74 Å². The normalized spacial score (nSPS) is 20.6. The van der Waals surface area contributed by atoms with Crippen molar-refractivity contribution in [3.8, 4) is 0 Å². The van der Waals surface area contributed by atoms with E-state index in [1.165, 1.54) is 0 Å². The van der Waals surface area contributed by atoms with Crippen molar-refractivity contribution in [1.82, 2.24) is 14.9 Å². The maximum atomic E-state index is 13.4. The van der Waals surface area contributed by atoms with Gasteiger partial charge in [-0.25, -0.2) is 0 Å². The molecule has 2 atom stereocenters. The van der Waals surface area contributed by atoms with Gasteiger partial charge < -0.3 is 9.64 Å². The zero-order chi connectivity index (χ0) is 17.2. The molecule has 0 bridgehead atoms. The Kier molecular flexibility index (Phi) is 4.15. The van der Waals surface area contributed by atoms with Crippen LogP contribution in [-0.4, -0.2) is 40.0 Å². The van der Waals surface area contributed by atoms with Crippen molar-refractivity contribution < 1.29 is 9.53 Å². The van der Waals surface area contributed by atoms with Crippen molar-refractivity contribution in [2.75, 3.05) is 13.2 Å². The molecule has 0 N–H and O–H groups in total. The summed E-state index contributed by atoms with van der Waals surface area (Å²) in [5.74, 6) is -0.00981. The Morgan fingerprint density at radius 1 is 1.16 bits per heavy atom.